The summed E-state index contributed by atoms with van der Waals surface area (Å²) < 4.78 is 27.5. The van der Waals surface area contributed by atoms with Crippen LogP contribution >= 0.6 is 0 Å². The number of halogens is 1. The van der Waals surface area contributed by atoms with Gasteiger partial charge in [0.15, 0.2) is 5.60 Å². The number of ether oxygens (including phenoxy) is 2. The van der Waals surface area contributed by atoms with Crippen molar-refractivity contribution in [2.75, 3.05) is 37.0 Å². The van der Waals surface area contributed by atoms with Crippen LogP contribution in [0.3, 0.4) is 0 Å². The molecule has 11 nitrogen and oxygen atoms in total. The topological polar surface area (TPSA) is 146 Å². The summed E-state index contributed by atoms with van der Waals surface area (Å²) in [5, 5.41) is 22.1. The Labute approximate surface area is 252 Å². The fraction of sp³-hybridized carbons (Fsp3) is 0.667. The molecule has 238 valence electrons. The second-order valence-electron chi connectivity index (χ2n) is 12.4. The first kappa shape index (κ1) is 33.0. The van der Waals surface area contributed by atoms with Crippen molar-refractivity contribution in [3.05, 3.63) is 23.8 Å². The van der Waals surface area contributed by atoms with Crippen molar-refractivity contribution < 1.29 is 43.0 Å². The molecule has 1 aromatic carbocycles. The number of rotatable bonds is 11. The van der Waals surface area contributed by atoms with E-state index in [1.165, 1.54) is 14.0 Å². The minimum atomic E-state index is -3.52. The molecule has 6 atom stereocenters. The van der Waals surface area contributed by atoms with Crippen molar-refractivity contribution in [2.45, 2.75) is 94.9 Å². The molecule has 3 N–H and O–H groups in total. The Bertz CT molecular complexity index is 1240. The lowest BCUT2D eigenvalue weighted by Gasteiger charge is -2.31. The predicted molar refractivity (Wildman–Crippen MR) is 159 cm³/mol. The summed E-state index contributed by atoms with van der Waals surface area (Å²) in [5.41, 5.74) is -0.937. The second-order valence-corrected chi connectivity index (χ2v) is 16.2. The van der Waals surface area contributed by atoms with Gasteiger partial charge in [0.2, 0.25) is 14.3 Å². The zero-order chi connectivity index (χ0) is 31.7. The summed E-state index contributed by atoms with van der Waals surface area (Å²) in [7, 11) is -2.20. The standard InChI is InChI=1S/C30H44FN3O8Si/c1-18-27(43(4,5)31)24(16-25(37)33-14-8-9-21(33)17-35)42-30(18)22-15-20(32-28(39)19(2)36)11-12-23(22)34(29(30)40)13-7-6-10-26(38)41-3/h11-12,15,18-19,21,24,27,35-36H,6-10,13-14,16-17H2,1-5H3,(H,32,39)/t18-,19+,21+,24+,27-,30+/m1/s1. The first-order valence-corrected chi connectivity index (χ1v) is 18.0. The van der Waals surface area contributed by atoms with E-state index in [9.17, 15) is 29.4 Å². The van der Waals surface area contributed by atoms with Gasteiger partial charge in [0, 0.05) is 42.2 Å². The van der Waals surface area contributed by atoms with Crippen LogP contribution in [0, 0.1) is 5.92 Å². The number of aliphatic hydroxyl groups excluding tert-OH is 2. The van der Waals surface area contributed by atoms with Crippen molar-refractivity contribution in [1.82, 2.24) is 4.90 Å². The molecule has 1 aromatic rings. The molecule has 0 aliphatic carbocycles. The highest BCUT2D eigenvalue weighted by Crippen LogP contribution is 2.60. The lowest BCUT2D eigenvalue weighted by molar-refractivity contribution is -0.150. The number of esters is 1. The molecular formula is C30H44FN3O8Si. The average Bonchev–Trinajstić information content (AvgIpc) is 3.60. The largest absolute Gasteiger partial charge is 0.469 e. The minimum absolute atomic E-state index is 0.117. The number of carbonyl (C=O) groups excluding carboxylic acids is 4. The number of carbonyl (C=O) groups is 4. The predicted octanol–water partition coefficient (Wildman–Crippen LogP) is 2.84. The van der Waals surface area contributed by atoms with E-state index in [2.05, 4.69) is 5.32 Å². The van der Waals surface area contributed by atoms with Crippen LogP contribution < -0.4 is 10.2 Å². The lowest BCUT2D eigenvalue weighted by atomic mass is 9.82. The second kappa shape index (κ2) is 13.0. The van der Waals surface area contributed by atoms with E-state index in [0.29, 0.717) is 42.7 Å². The van der Waals surface area contributed by atoms with Gasteiger partial charge < -0.3 is 38.9 Å². The number of amides is 3. The fourth-order valence-corrected chi connectivity index (χ4v) is 9.57. The van der Waals surface area contributed by atoms with Gasteiger partial charge in [0.25, 0.3) is 11.8 Å². The van der Waals surface area contributed by atoms with E-state index in [-0.39, 0.29) is 49.8 Å². The summed E-state index contributed by atoms with van der Waals surface area (Å²) in [4.78, 5) is 55.0. The Morgan fingerprint density at radius 3 is 2.63 bits per heavy atom. The number of anilines is 2. The molecule has 0 saturated carbocycles. The van der Waals surface area contributed by atoms with Gasteiger partial charge in [-0.1, -0.05) is 6.92 Å². The number of methoxy groups -OCH3 is 1. The van der Waals surface area contributed by atoms with Gasteiger partial charge in [0.05, 0.1) is 38.0 Å². The SMILES string of the molecule is COC(=O)CCCCN1C(=O)[C@@]2(O[C@@H](CC(=O)N3CCC[C@H]3CO)[C@H]([Si](C)(C)F)[C@H]2C)c2cc(NC(=O)[C@H](C)O)ccc21. The first-order chi connectivity index (χ1) is 20.3. The molecule has 3 aliphatic heterocycles. The van der Waals surface area contributed by atoms with Gasteiger partial charge in [-0.2, -0.15) is 0 Å². The van der Waals surface area contributed by atoms with Gasteiger partial charge >= 0.3 is 5.97 Å². The van der Waals surface area contributed by atoms with E-state index in [1.807, 2.05) is 0 Å². The highest BCUT2D eigenvalue weighted by Gasteiger charge is 2.67. The Morgan fingerprint density at radius 1 is 1.28 bits per heavy atom. The molecule has 3 aliphatic rings. The van der Waals surface area contributed by atoms with Crippen LogP contribution in [0.5, 0.6) is 0 Å². The summed E-state index contributed by atoms with van der Waals surface area (Å²) in [6.07, 6.45) is 0.401. The Kier molecular flexibility index (Phi) is 9.99. The Morgan fingerprint density at radius 2 is 2.00 bits per heavy atom. The number of likely N-dealkylation sites (tertiary alicyclic amines) is 1. The van der Waals surface area contributed by atoms with Crippen LogP contribution in [0.15, 0.2) is 18.2 Å². The van der Waals surface area contributed by atoms with E-state index in [0.717, 1.165) is 6.42 Å². The van der Waals surface area contributed by atoms with Crippen LogP contribution in [0.25, 0.3) is 0 Å². The number of hydrogen-bond acceptors (Lipinski definition) is 8. The highest BCUT2D eigenvalue weighted by molar-refractivity contribution is 6.72. The van der Waals surface area contributed by atoms with Crippen molar-refractivity contribution in [3.8, 4) is 0 Å². The molecule has 3 amide bonds. The summed E-state index contributed by atoms with van der Waals surface area (Å²) in [6, 6.07) is 4.66. The van der Waals surface area contributed by atoms with Gasteiger partial charge in [-0.15, -0.1) is 0 Å². The third-order valence-corrected chi connectivity index (χ3v) is 11.6. The Hall–Kier alpha value is -2.87. The normalized spacial score (nSPS) is 27.5. The molecule has 0 unspecified atom stereocenters. The molecule has 43 heavy (non-hydrogen) atoms. The van der Waals surface area contributed by atoms with Crippen LogP contribution in [0.4, 0.5) is 15.5 Å². The number of unbranched alkanes of at least 4 members (excludes halogenated alkanes) is 1. The molecule has 0 aromatic heterocycles. The average molecular weight is 622 g/mol. The number of hydrogen-bond donors (Lipinski definition) is 3. The smallest absolute Gasteiger partial charge is 0.305 e. The monoisotopic (exact) mass is 621 g/mol. The van der Waals surface area contributed by atoms with Gasteiger partial charge in [-0.3, -0.25) is 19.2 Å². The molecular weight excluding hydrogens is 577 g/mol. The molecule has 0 radical (unpaired) electrons. The van der Waals surface area contributed by atoms with Gasteiger partial charge in [-0.05, 0) is 63.9 Å². The van der Waals surface area contributed by atoms with Crippen molar-refractivity contribution in [3.63, 3.8) is 0 Å². The van der Waals surface area contributed by atoms with Crippen LogP contribution in [-0.2, 0) is 34.3 Å². The van der Waals surface area contributed by atoms with E-state index in [4.69, 9.17) is 9.47 Å². The third kappa shape index (κ3) is 6.35. The van der Waals surface area contributed by atoms with Crippen molar-refractivity contribution in [1.29, 1.82) is 0 Å². The molecule has 3 heterocycles. The molecule has 2 fully saturated rings. The highest BCUT2D eigenvalue weighted by atomic mass is 28.4. The van der Waals surface area contributed by atoms with E-state index >= 15 is 4.11 Å². The molecule has 0 bridgehead atoms. The zero-order valence-corrected chi connectivity index (χ0v) is 26.6. The van der Waals surface area contributed by atoms with Crippen molar-refractivity contribution in [2.24, 2.45) is 5.92 Å². The maximum atomic E-state index is 16.1. The third-order valence-electron chi connectivity index (χ3n) is 9.13. The zero-order valence-electron chi connectivity index (χ0n) is 25.6. The maximum absolute atomic E-state index is 16.1. The van der Waals surface area contributed by atoms with Gasteiger partial charge in [0.1, 0.15) is 6.10 Å². The van der Waals surface area contributed by atoms with E-state index < -0.39 is 43.6 Å². The number of nitrogens with one attached hydrogen (secondary N) is 1. The molecule has 13 heteroatoms. The Balaban J connectivity index is 1.72. The fourth-order valence-electron chi connectivity index (χ4n) is 7.08. The van der Waals surface area contributed by atoms with E-state index in [1.54, 1.807) is 48.0 Å². The summed E-state index contributed by atoms with van der Waals surface area (Å²) in [5.74, 6) is -2.22. The minimum Gasteiger partial charge on any atom is -0.469 e. The maximum Gasteiger partial charge on any atom is 0.305 e. The number of benzene rings is 1. The van der Waals surface area contributed by atoms with Crippen LogP contribution in [0.1, 0.15) is 57.9 Å². The quantitative estimate of drug-likeness (QED) is 0.148. The van der Waals surface area contributed by atoms with Crippen LogP contribution in [-0.4, -0.2) is 92.3 Å². The van der Waals surface area contributed by atoms with Crippen LogP contribution in [0.2, 0.25) is 18.6 Å². The molecule has 2 saturated heterocycles. The molecule has 1 spiro atoms. The van der Waals surface area contributed by atoms with Crippen molar-refractivity contribution >= 4 is 43.5 Å². The van der Waals surface area contributed by atoms with Gasteiger partial charge in [-0.25, -0.2) is 0 Å². The molecule has 4 rings (SSSR count). The summed E-state index contributed by atoms with van der Waals surface area (Å²) in [6.45, 7) is 6.88. The number of fused-ring (bicyclic) bond motifs is 2. The summed E-state index contributed by atoms with van der Waals surface area (Å²) >= 11 is 0. The lowest BCUT2D eigenvalue weighted by Crippen LogP contribution is -2.45. The number of aliphatic hydroxyl groups is 2. The first-order valence-electron chi connectivity index (χ1n) is 15.1. The number of nitrogens with zero attached hydrogens (tertiary/aromatic N) is 2.